The van der Waals surface area contributed by atoms with Crippen molar-refractivity contribution in [3.63, 3.8) is 0 Å². The van der Waals surface area contributed by atoms with Gasteiger partial charge in [-0.05, 0) is 56.6 Å². The summed E-state index contributed by atoms with van der Waals surface area (Å²) < 4.78 is 0. The molecule has 0 radical (unpaired) electrons. The van der Waals surface area contributed by atoms with Crippen molar-refractivity contribution in [1.82, 2.24) is 9.97 Å². The van der Waals surface area contributed by atoms with Gasteiger partial charge in [-0.25, -0.2) is 9.97 Å². The van der Waals surface area contributed by atoms with Gasteiger partial charge in [-0.3, -0.25) is 0 Å². The minimum absolute atomic E-state index is 0.484. The van der Waals surface area contributed by atoms with Gasteiger partial charge in [0.25, 0.3) is 0 Å². The number of benzene rings is 7. The summed E-state index contributed by atoms with van der Waals surface area (Å²) >= 11 is 0. The SMILES string of the molecule is c1ccc(-c2nc(-c3ccc4c(c3)C(c3ccccc3)(c3ccccc3)c3ccccc3-4)cc(-c3ccccc3-c3ccccc3)n2)cc1. The van der Waals surface area contributed by atoms with E-state index in [0.29, 0.717) is 5.82 Å². The quantitative estimate of drug-likeness (QED) is 0.184. The Balaban J connectivity index is 1.30. The lowest BCUT2D eigenvalue weighted by Gasteiger charge is -2.34. The minimum atomic E-state index is -0.484. The van der Waals surface area contributed by atoms with Crippen LogP contribution in [-0.2, 0) is 5.41 Å². The molecule has 0 bridgehead atoms. The molecule has 2 nitrogen and oxygen atoms in total. The molecule has 0 N–H and O–H groups in total. The Bertz CT molecular complexity index is 2380. The first-order chi connectivity index (χ1) is 24.3. The first-order valence-electron chi connectivity index (χ1n) is 16.8. The third-order valence-corrected chi connectivity index (χ3v) is 9.80. The Labute approximate surface area is 287 Å². The molecule has 7 aromatic carbocycles. The van der Waals surface area contributed by atoms with Crippen LogP contribution in [0.15, 0.2) is 194 Å². The lowest BCUT2D eigenvalue weighted by molar-refractivity contribution is 0.768. The largest absolute Gasteiger partial charge is 0.228 e. The van der Waals surface area contributed by atoms with Crippen LogP contribution in [-0.4, -0.2) is 9.97 Å². The van der Waals surface area contributed by atoms with Crippen LogP contribution in [0.3, 0.4) is 0 Å². The molecule has 0 aliphatic heterocycles. The number of fused-ring (bicyclic) bond motifs is 3. The third-order valence-electron chi connectivity index (χ3n) is 9.80. The molecule has 1 aliphatic carbocycles. The van der Waals surface area contributed by atoms with Crippen LogP contribution >= 0.6 is 0 Å². The van der Waals surface area contributed by atoms with E-state index in [2.05, 4.69) is 176 Å². The molecular weight excluding hydrogens is 593 g/mol. The Hall–Kier alpha value is -6.38. The summed E-state index contributed by atoms with van der Waals surface area (Å²) in [6, 6.07) is 69.1. The topological polar surface area (TPSA) is 25.8 Å². The van der Waals surface area contributed by atoms with E-state index in [1.54, 1.807) is 0 Å². The van der Waals surface area contributed by atoms with Crippen molar-refractivity contribution in [2.75, 3.05) is 0 Å². The third kappa shape index (κ3) is 4.80. The van der Waals surface area contributed by atoms with E-state index in [1.807, 2.05) is 18.2 Å². The number of hydrogen-bond donors (Lipinski definition) is 0. The number of rotatable bonds is 6. The highest BCUT2D eigenvalue weighted by atomic mass is 14.9. The fourth-order valence-corrected chi connectivity index (χ4v) is 7.63. The highest BCUT2D eigenvalue weighted by Gasteiger charge is 2.46. The molecule has 9 rings (SSSR count). The monoisotopic (exact) mass is 624 g/mol. The summed E-state index contributed by atoms with van der Waals surface area (Å²) in [5.74, 6) is 0.706. The van der Waals surface area contributed by atoms with Gasteiger partial charge in [-0.1, -0.05) is 182 Å². The molecule has 0 unspecified atom stereocenters. The molecule has 2 heteroatoms. The standard InChI is InChI=1S/C47H32N2/c1-5-17-33(18-6-1)38-25-13-14-27-41(38)45-32-44(48-46(49-45)34-19-7-2-8-20-34)35-29-30-40-39-26-15-16-28-42(39)47(43(40)31-35,36-21-9-3-10-22-36)37-23-11-4-12-24-37/h1-32H. The maximum Gasteiger partial charge on any atom is 0.160 e. The Kier molecular flexibility index (Phi) is 7.06. The average molecular weight is 625 g/mol. The van der Waals surface area contributed by atoms with Crippen molar-refractivity contribution in [3.8, 4) is 56.2 Å². The van der Waals surface area contributed by atoms with Gasteiger partial charge in [-0.15, -0.1) is 0 Å². The van der Waals surface area contributed by atoms with Crippen molar-refractivity contribution in [2.24, 2.45) is 0 Å². The zero-order valence-corrected chi connectivity index (χ0v) is 26.9. The van der Waals surface area contributed by atoms with Gasteiger partial charge >= 0.3 is 0 Å². The van der Waals surface area contributed by atoms with Gasteiger partial charge in [0.1, 0.15) is 0 Å². The Morgan fingerprint density at radius 1 is 0.306 bits per heavy atom. The predicted molar refractivity (Wildman–Crippen MR) is 201 cm³/mol. The molecule has 0 spiro atoms. The first-order valence-corrected chi connectivity index (χ1v) is 16.8. The van der Waals surface area contributed by atoms with E-state index in [9.17, 15) is 0 Å². The summed E-state index contributed by atoms with van der Waals surface area (Å²) in [7, 11) is 0. The van der Waals surface area contributed by atoms with Gasteiger partial charge in [0.05, 0.1) is 16.8 Å². The average Bonchev–Trinajstić information content (AvgIpc) is 3.49. The second-order valence-corrected chi connectivity index (χ2v) is 12.5. The smallest absolute Gasteiger partial charge is 0.160 e. The lowest BCUT2D eigenvalue weighted by Crippen LogP contribution is -2.28. The van der Waals surface area contributed by atoms with Crippen molar-refractivity contribution >= 4 is 0 Å². The molecule has 0 saturated heterocycles. The van der Waals surface area contributed by atoms with Crippen LogP contribution in [0.4, 0.5) is 0 Å². The van der Waals surface area contributed by atoms with Crippen LogP contribution in [0.5, 0.6) is 0 Å². The van der Waals surface area contributed by atoms with Crippen LogP contribution in [0.1, 0.15) is 22.3 Å². The molecule has 1 aliphatic rings. The lowest BCUT2D eigenvalue weighted by atomic mass is 9.67. The molecule has 8 aromatic rings. The number of hydrogen-bond acceptors (Lipinski definition) is 2. The molecule has 230 valence electrons. The molecule has 1 aromatic heterocycles. The van der Waals surface area contributed by atoms with E-state index >= 15 is 0 Å². The zero-order chi connectivity index (χ0) is 32.6. The summed E-state index contributed by atoms with van der Waals surface area (Å²) in [5, 5.41) is 0. The van der Waals surface area contributed by atoms with E-state index in [4.69, 9.17) is 9.97 Å². The maximum absolute atomic E-state index is 5.26. The normalized spacial score (nSPS) is 12.7. The van der Waals surface area contributed by atoms with Gasteiger partial charge in [0, 0.05) is 16.7 Å². The molecular formula is C47H32N2. The van der Waals surface area contributed by atoms with Crippen LogP contribution in [0.25, 0.3) is 56.2 Å². The first kappa shape index (κ1) is 28.8. The summed E-state index contributed by atoms with van der Waals surface area (Å²) in [6.45, 7) is 0. The van der Waals surface area contributed by atoms with E-state index in [-0.39, 0.29) is 0 Å². The minimum Gasteiger partial charge on any atom is -0.228 e. The molecule has 1 heterocycles. The van der Waals surface area contributed by atoms with Crippen LogP contribution in [0, 0.1) is 0 Å². The van der Waals surface area contributed by atoms with Crippen LogP contribution in [0.2, 0.25) is 0 Å². The predicted octanol–water partition coefficient (Wildman–Crippen LogP) is 11.5. The van der Waals surface area contributed by atoms with Gasteiger partial charge < -0.3 is 0 Å². The highest BCUT2D eigenvalue weighted by molar-refractivity contribution is 5.89. The number of aromatic nitrogens is 2. The summed E-state index contributed by atoms with van der Waals surface area (Å²) in [6.07, 6.45) is 0. The van der Waals surface area contributed by atoms with Gasteiger partial charge in [0.2, 0.25) is 0 Å². The fraction of sp³-hybridized carbons (Fsp3) is 0.0213. The summed E-state index contributed by atoms with van der Waals surface area (Å²) in [5.41, 5.74) is 14.3. The van der Waals surface area contributed by atoms with Gasteiger partial charge in [-0.2, -0.15) is 0 Å². The molecule has 0 saturated carbocycles. The summed E-state index contributed by atoms with van der Waals surface area (Å²) in [4.78, 5) is 10.5. The van der Waals surface area contributed by atoms with E-state index in [0.717, 1.165) is 39.2 Å². The second kappa shape index (κ2) is 12.0. The van der Waals surface area contributed by atoms with Crippen molar-refractivity contribution < 1.29 is 0 Å². The Morgan fingerprint density at radius 3 is 1.45 bits per heavy atom. The molecule has 0 amide bonds. The Morgan fingerprint density at radius 2 is 0.796 bits per heavy atom. The zero-order valence-electron chi connectivity index (χ0n) is 26.9. The fourth-order valence-electron chi connectivity index (χ4n) is 7.63. The van der Waals surface area contributed by atoms with E-state index < -0.39 is 5.41 Å². The van der Waals surface area contributed by atoms with Crippen molar-refractivity contribution in [1.29, 1.82) is 0 Å². The molecule has 49 heavy (non-hydrogen) atoms. The van der Waals surface area contributed by atoms with Gasteiger partial charge in [0.15, 0.2) is 5.82 Å². The molecule has 0 fully saturated rings. The second-order valence-electron chi connectivity index (χ2n) is 12.5. The molecule has 0 atom stereocenters. The van der Waals surface area contributed by atoms with Crippen molar-refractivity contribution in [2.45, 2.75) is 5.41 Å². The van der Waals surface area contributed by atoms with E-state index in [1.165, 1.54) is 33.4 Å². The van der Waals surface area contributed by atoms with Crippen molar-refractivity contribution in [3.05, 3.63) is 216 Å². The van der Waals surface area contributed by atoms with Crippen LogP contribution < -0.4 is 0 Å². The highest BCUT2D eigenvalue weighted by Crippen LogP contribution is 2.56. The number of nitrogens with zero attached hydrogens (tertiary/aromatic N) is 2. The maximum atomic E-state index is 5.26.